The number of rotatable bonds is 5. The first-order chi connectivity index (χ1) is 13.6. The van der Waals surface area contributed by atoms with E-state index in [2.05, 4.69) is 10.3 Å². The Labute approximate surface area is 160 Å². The number of hydrogen-bond donors (Lipinski definition) is 1. The number of aromatic nitrogens is 3. The molecular formula is C19H19N5O4. The van der Waals surface area contributed by atoms with Crippen LogP contribution in [0.3, 0.4) is 0 Å². The third-order valence-electron chi connectivity index (χ3n) is 4.88. The Morgan fingerprint density at radius 3 is 2.71 bits per heavy atom. The van der Waals surface area contributed by atoms with Crippen molar-refractivity contribution in [2.45, 2.75) is 6.42 Å². The van der Waals surface area contributed by atoms with Crippen molar-refractivity contribution in [1.82, 2.24) is 19.8 Å². The van der Waals surface area contributed by atoms with E-state index in [0.29, 0.717) is 30.8 Å². The SMILES string of the molecule is COc1ccc(-n2ncc(C(=O)C3CCN(C(=O)c4ccno4)C3)c2N)cc1. The summed E-state index contributed by atoms with van der Waals surface area (Å²) in [6.45, 7) is 0.786. The molecule has 144 valence electrons. The van der Waals surface area contributed by atoms with Crippen LogP contribution in [0.4, 0.5) is 5.82 Å². The molecule has 3 heterocycles. The summed E-state index contributed by atoms with van der Waals surface area (Å²) in [5, 5.41) is 7.80. The normalized spacial score (nSPS) is 16.3. The van der Waals surface area contributed by atoms with E-state index in [9.17, 15) is 9.59 Å². The van der Waals surface area contributed by atoms with Crippen molar-refractivity contribution in [1.29, 1.82) is 0 Å². The van der Waals surface area contributed by atoms with Crippen molar-refractivity contribution < 1.29 is 18.8 Å². The number of nitrogens with zero attached hydrogens (tertiary/aromatic N) is 4. The summed E-state index contributed by atoms with van der Waals surface area (Å²) in [5.74, 6) is 0.436. The number of ketones is 1. The molecule has 9 heteroatoms. The smallest absolute Gasteiger partial charge is 0.292 e. The number of carbonyl (C=O) groups excluding carboxylic acids is 2. The van der Waals surface area contributed by atoms with Crippen LogP contribution < -0.4 is 10.5 Å². The quantitative estimate of drug-likeness (QED) is 0.670. The van der Waals surface area contributed by atoms with Gasteiger partial charge in [0.15, 0.2) is 5.78 Å². The van der Waals surface area contributed by atoms with Crippen molar-refractivity contribution >= 4 is 17.5 Å². The molecule has 1 aliphatic heterocycles. The molecule has 3 aromatic rings. The lowest BCUT2D eigenvalue weighted by atomic mass is 9.98. The van der Waals surface area contributed by atoms with Gasteiger partial charge in [-0.1, -0.05) is 5.16 Å². The molecular weight excluding hydrogens is 362 g/mol. The van der Waals surface area contributed by atoms with Crippen LogP contribution in [0.25, 0.3) is 5.69 Å². The molecule has 1 amide bonds. The Morgan fingerprint density at radius 1 is 1.25 bits per heavy atom. The topological polar surface area (TPSA) is 116 Å². The van der Waals surface area contributed by atoms with E-state index in [1.807, 2.05) is 12.1 Å². The summed E-state index contributed by atoms with van der Waals surface area (Å²) in [4.78, 5) is 26.9. The number of benzene rings is 1. The van der Waals surface area contributed by atoms with Crippen LogP contribution in [0.1, 0.15) is 27.3 Å². The third-order valence-corrected chi connectivity index (χ3v) is 4.88. The number of methoxy groups -OCH3 is 1. The number of ether oxygens (including phenoxy) is 1. The molecule has 2 N–H and O–H groups in total. The molecule has 28 heavy (non-hydrogen) atoms. The molecule has 0 saturated carbocycles. The number of likely N-dealkylation sites (tertiary alicyclic amines) is 1. The van der Waals surface area contributed by atoms with Gasteiger partial charge in [-0.3, -0.25) is 9.59 Å². The summed E-state index contributed by atoms with van der Waals surface area (Å²) in [5.41, 5.74) is 7.27. The van der Waals surface area contributed by atoms with E-state index in [1.54, 1.807) is 24.1 Å². The fourth-order valence-electron chi connectivity index (χ4n) is 3.34. The molecule has 0 radical (unpaired) electrons. The largest absolute Gasteiger partial charge is 0.497 e. The van der Waals surface area contributed by atoms with Crippen molar-refractivity contribution in [3.8, 4) is 11.4 Å². The number of hydrogen-bond acceptors (Lipinski definition) is 7. The van der Waals surface area contributed by atoms with Crippen LogP contribution in [0.15, 0.2) is 47.2 Å². The summed E-state index contributed by atoms with van der Waals surface area (Å²) >= 11 is 0. The molecule has 2 aromatic heterocycles. The van der Waals surface area contributed by atoms with Crippen molar-refractivity contribution in [2.24, 2.45) is 5.92 Å². The molecule has 0 aliphatic carbocycles. The van der Waals surface area contributed by atoms with Gasteiger partial charge in [-0.25, -0.2) is 4.68 Å². The van der Waals surface area contributed by atoms with Gasteiger partial charge in [0.2, 0.25) is 5.76 Å². The highest BCUT2D eigenvalue weighted by Crippen LogP contribution is 2.26. The maximum absolute atomic E-state index is 12.9. The zero-order valence-electron chi connectivity index (χ0n) is 15.2. The molecule has 4 rings (SSSR count). The highest BCUT2D eigenvalue weighted by atomic mass is 16.5. The standard InChI is InChI=1S/C19H19N5O4/c1-27-14-4-2-13(3-5-14)24-18(20)15(10-21-24)17(25)12-7-9-23(11-12)19(26)16-6-8-22-28-16/h2-6,8,10,12H,7,9,11,20H2,1H3. The van der Waals surface area contributed by atoms with Gasteiger partial charge < -0.3 is 19.9 Å². The fraction of sp³-hybridized carbons (Fsp3) is 0.263. The fourth-order valence-corrected chi connectivity index (χ4v) is 3.34. The van der Waals surface area contributed by atoms with Gasteiger partial charge in [0.1, 0.15) is 11.6 Å². The zero-order chi connectivity index (χ0) is 19.7. The molecule has 0 spiro atoms. The van der Waals surface area contributed by atoms with E-state index < -0.39 is 0 Å². The lowest BCUT2D eigenvalue weighted by Crippen LogP contribution is -2.29. The summed E-state index contributed by atoms with van der Waals surface area (Å²) in [7, 11) is 1.59. The Hall–Kier alpha value is -3.62. The van der Waals surface area contributed by atoms with E-state index in [0.717, 1.165) is 5.69 Å². The second-order valence-corrected chi connectivity index (χ2v) is 6.53. The first-order valence-electron chi connectivity index (χ1n) is 8.80. The van der Waals surface area contributed by atoms with Gasteiger partial charge >= 0.3 is 0 Å². The summed E-state index contributed by atoms with van der Waals surface area (Å²) in [6, 6.07) is 8.71. The first-order valence-corrected chi connectivity index (χ1v) is 8.80. The predicted molar refractivity (Wildman–Crippen MR) is 99.4 cm³/mol. The molecule has 1 aliphatic rings. The van der Waals surface area contributed by atoms with Gasteiger partial charge in [0.05, 0.1) is 30.8 Å². The zero-order valence-corrected chi connectivity index (χ0v) is 15.2. The Kier molecular flexibility index (Phi) is 4.56. The van der Waals surface area contributed by atoms with E-state index >= 15 is 0 Å². The number of anilines is 1. The Morgan fingerprint density at radius 2 is 2.04 bits per heavy atom. The minimum Gasteiger partial charge on any atom is -0.497 e. The first kappa shape index (κ1) is 17.8. The van der Waals surface area contributed by atoms with Gasteiger partial charge in [-0.05, 0) is 30.7 Å². The molecule has 1 atom stereocenters. The molecule has 1 aromatic carbocycles. The lowest BCUT2D eigenvalue weighted by Gasteiger charge is -2.14. The van der Waals surface area contributed by atoms with E-state index in [4.69, 9.17) is 15.0 Å². The molecule has 1 unspecified atom stereocenters. The second kappa shape index (κ2) is 7.18. The molecule has 1 saturated heterocycles. The van der Waals surface area contributed by atoms with Gasteiger partial charge in [0.25, 0.3) is 5.91 Å². The van der Waals surface area contributed by atoms with Gasteiger partial charge in [-0.2, -0.15) is 5.10 Å². The average Bonchev–Trinajstić information content (AvgIpc) is 3.48. The maximum atomic E-state index is 12.9. The second-order valence-electron chi connectivity index (χ2n) is 6.53. The lowest BCUT2D eigenvalue weighted by molar-refractivity contribution is 0.0740. The number of Topliss-reactive ketones (excluding diaryl/α,β-unsaturated/α-hetero) is 1. The van der Waals surface area contributed by atoms with Crippen LogP contribution >= 0.6 is 0 Å². The minimum absolute atomic E-state index is 0.120. The monoisotopic (exact) mass is 381 g/mol. The number of nitrogen functional groups attached to an aromatic ring is 1. The van der Waals surface area contributed by atoms with Crippen molar-refractivity contribution in [3.63, 3.8) is 0 Å². The average molecular weight is 381 g/mol. The van der Waals surface area contributed by atoms with Crippen LogP contribution in [0, 0.1) is 5.92 Å². The number of nitrogens with two attached hydrogens (primary N) is 1. The highest BCUT2D eigenvalue weighted by molar-refractivity contribution is 6.02. The van der Waals surface area contributed by atoms with Crippen molar-refractivity contribution in [3.05, 3.63) is 54.0 Å². The van der Waals surface area contributed by atoms with Crippen LogP contribution in [-0.2, 0) is 0 Å². The Balaban J connectivity index is 1.50. The third kappa shape index (κ3) is 3.11. The Bertz CT molecular complexity index is 994. The van der Waals surface area contributed by atoms with Crippen LogP contribution in [-0.4, -0.2) is 51.7 Å². The maximum Gasteiger partial charge on any atom is 0.292 e. The van der Waals surface area contributed by atoms with E-state index in [-0.39, 0.29) is 29.2 Å². The van der Waals surface area contributed by atoms with Crippen molar-refractivity contribution in [2.75, 3.05) is 25.9 Å². The van der Waals surface area contributed by atoms with Gasteiger partial charge in [-0.15, -0.1) is 0 Å². The highest BCUT2D eigenvalue weighted by Gasteiger charge is 2.34. The number of amides is 1. The van der Waals surface area contributed by atoms with Crippen LogP contribution in [0.5, 0.6) is 5.75 Å². The molecule has 1 fully saturated rings. The van der Waals surface area contributed by atoms with E-state index in [1.165, 1.54) is 23.1 Å². The summed E-state index contributed by atoms with van der Waals surface area (Å²) in [6.07, 6.45) is 3.45. The molecule has 9 nitrogen and oxygen atoms in total. The predicted octanol–water partition coefficient (Wildman–Crippen LogP) is 1.80. The molecule has 0 bridgehead atoms. The summed E-state index contributed by atoms with van der Waals surface area (Å²) < 4.78 is 11.6. The van der Waals surface area contributed by atoms with Gasteiger partial charge in [0, 0.05) is 25.1 Å². The minimum atomic E-state index is -0.331. The number of carbonyl (C=O) groups is 2. The van der Waals surface area contributed by atoms with Crippen LogP contribution in [0.2, 0.25) is 0 Å².